The summed E-state index contributed by atoms with van der Waals surface area (Å²) < 4.78 is 17.8. The zero-order valence-corrected chi connectivity index (χ0v) is 7.16. The van der Waals surface area contributed by atoms with Gasteiger partial charge in [-0.25, -0.2) is 9.59 Å². The van der Waals surface area contributed by atoms with Gasteiger partial charge in [0.25, 0.3) is 0 Å². The fourth-order valence-corrected chi connectivity index (χ4v) is 0.690. The van der Waals surface area contributed by atoms with E-state index < -0.39 is 12.0 Å². The molecule has 0 fully saturated rings. The molecular weight excluding hydrogens is 180 g/mol. The second-order valence-corrected chi connectivity index (χ2v) is 2.18. The Morgan fingerprint density at radius 3 is 2.62 bits per heavy atom. The first kappa shape index (κ1) is 9.37. The Morgan fingerprint density at radius 1 is 1.46 bits per heavy atom. The first-order chi connectivity index (χ1) is 6.13. The van der Waals surface area contributed by atoms with Crippen LogP contribution in [0, 0.1) is 6.92 Å². The molecule has 0 bridgehead atoms. The van der Waals surface area contributed by atoms with Crippen LogP contribution < -0.4 is 5.82 Å². The van der Waals surface area contributed by atoms with E-state index in [4.69, 9.17) is 0 Å². The van der Waals surface area contributed by atoms with Gasteiger partial charge in [0.2, 0.25) is 0 Å². The molecule has 0 spiro atoms. The van der Waals surface area contributed by atoms with Crippen molar-refractivity contribution in [2.75, 3.05) is 7.11 Å². The van der Waals surface area contributed by atoms with Gasteiger partial charge in [0.15, 0.2) is 18.1 Å². The number of hydrogen-bond donors (Lipinski definition) is 0. The molecule has 0 N–H and O–H groups in total. The second-order valence-electron chi connectivity index (χ2n) is 2.18. The van der Waals surface area contributed by atoms with Gasteiger partial charge < -0.3 is 18.3 Å². The Labute approximate surface area is 73.0 Å². The topological polar surface area (TPSA) is 78.9 Å². The molecule has 1 heterocycles. The summed E-state index contributed by atoms with van der Waals surface area (Å²) in [6.45, 7) is 1.35. The van der Waals surface area contributed by atoms with Gasteiger partial charge in [0.1, 0.15) is 0 Å². The van der Waals surface area contributed by atoms with Gasteiger partial charge >= 0.3 is 12.0 Å². The van der Waals surface area contributed by atoms with Crippen LogP contribution in [0.5, 0.6) is 0 Å². The standard InChI is InChI=1S/C7H8O6/c1-4-5(13-7(9)12-4)3-11-6(8)10-2/h3H2,1-2H3. The van der Waals surface area contributed by atoms with E-state index in [1.54, 1.807) is 0 Å². The van der Waals surface area contributed by atoms with Crippen LogP contribution >= 0.6 is 0 Å². The van der Waals surface area contributed by atoms with E-state index in [1.165, 1.54) is 14.0 Å². The highest BCUT2D eigenvalue weighted by Gasteiger charge is 2.10. The third-order valence-corrected chi connectivity index (χ3v) is 1.32. The molecule has 0 saturated carbocycles. The summed E-state index contributed by atoms with van der Waals surface area (Å²) in [4.78, 5) is 21.0. The highest BCUT2D eigenvalue weighted by molar-refractivity contribution is 5.59. The van der Waals surface area contributed by atoms with Gasteiger partial charge in [-0.05, 0) is 6.92 Å². The zero-order valence-electron chi connectivity index (χ0n) is 7.16. The van der Waals surface area contributed by atoms with Crippen LogP contribution in [0.3, 0.4) is 0 Å². The smallest absolute Gasteiger partial charge is 0.438 e. The van der Waals surface area contributed by atoms with Crippen molar-refractivity contribution in [2.45, 2.75) is 13.5 Å². The van der Waals surface area contributed by atoms with E-state index in [0.717, 1.165) is 0 Å². The van der Waals surface area contributed by atoms with Crippen molar-refractivity contribution in [1.29, 1.82) is 0 Å². The number of hydrogen-bond acceptors (Lipinski definition) is 6. The number of carbonyl (C=O) groups is 1. The van der Waals surface area contributed by atoms with E-state index in [2.05, 4.69) is 18.3 Å². The van der Waals surface area contributed by atoms with Crippen molar-refractivity contribution >= 4 is 6.16 Å². The van der Waals surface area contributed by atoms with Crippen LogP contribution in [-0.4, -0.2) is 13.3 Å². The molecule has 6 heteroatoms. The summed E-state index contributed by atoms with van der Waals surface area (Å²) in [5, 5.41) is 0. The van der Waals surface area contributed by atoms with Crippen LogP contribution in [0.25, 0.3) is 0 Å². The number of ether oxygens (including phenoxy) is 2. The van der Waals surface area contributed by atoms with Gasteiger partial charge in [0.05, 0.1) is 7.11 Å². The molecule has 0 amide bonds. The quantitative estimate of drug-likeness (QED) is 0.639. The number of rotatable bonds is 2. The molecule has 0 aliphatic heterocycles. The highest BCUT2D eigenvalue weighted by atomic mass is 16.7. The van der Waals surface area contributed by atoms with E-state index in [0.29, 0.717) is 0 Å². The van der Waals surface area contributed by atoms with Gasteiger partial charge in [-0.1, -0.05) is 0 Å². The van der Waals surface area contributed by atoms with Crippen LogP contribution in [-0.2, 0) is 16.1 Å². The van der Waals surface area contributed by atoms with Crippen molar-refractivity contribution in [2.24, 2.45) is 0 Å². The summed E-state index contributed by atoms with van der Waals surface area (Å²) in [5.41, 5.74) is 0. The molecular formula is C7H8O6. The third kappa shape index (κ3) is 2.36. The van der Waals surface area contributed by atoms with Gasteiger partial charge in [-0.2, -0.15) is 0 Å². The molecule has 0 aliphatic rings. The minimum absolute atomic E-state index is 0.176. The fourth-order valence-electron chi connectivity index (χ4n) is 0.690. The summed E-state index contributed by atoms with van der Waals surface area (Å²) in [6.07, 6.45) is -0.844. The average Bonchev–Trinajstić information content (AvgIpc) is 2.41. The lowest BCUT2D eigenvalue weighted by Crippen LogP contribution is -2.04. The lowest BCUT2D eigenvalue weighted by atomic mass is 10.4. The molecule has 0 radical (unpaired) electrons. The average molecular weight is 188 g/mol. The van der Waals surface area contributed by atoms with E-state index in [-0.39, 0.29) is 18.1 Å². The molecule has 0 aliphatic carbocycles. The second kappa shape index (κ2) is 3.79. The normalized spacial score (nSPS) is 9.69. The SMILES string of the molecule is COC(=O)OCc1oc(=O)oc1C. The lowest BCUT2D eigenvalue weighted by Gasteiger charge is -1.98. The third-order valence-electron chi connectivity index (χ3n) is 1.32. The molecule has 0 aromatic carbocycles. The van der Waals surface area contributed by atoms with E-state index in [9.17, 15) is 9.59 Å². The van der Waals surface area contributed by atoms with Gasteiger partial charge in [-0.3, -0.25) is 0 Å². The minimum atomic E-state index is -0.844. The minimum Gasteiger partial charge on any atom is -0.438 e. The van der Waals surface area contributed by atoms with Gasteiger partial charge in [-0.15, -0.1) is 0 Å². The lowest BCUT2D eigenvalue weighted by molar-refractivity contribution is 0.0611. The number of aryl methyl sites for hydroxylation is 1. The Kier molecular flexibility index (Phi) is 2.73. The van der Waals surface area contributed by atoms with Crippen molar-refractivity contribution in [3.63, 3.8) is 0 Å². The Balaban J connectivity index is 2.59. The molecule has 1 aromatic rings. The molecule has 0 unspecified atom stereocenters. The maximum absolute atomic E-state index is 10.5. The van der Waals surface area contributed by atoms with E-state index >= 15 is 0 Å². The maximum atomic E-state index is 10.5. The van der Waals surface area contributed by atoms with E-state index in [1.807, 2.05) is 0 Å². The predicted octanol–water partition coefficient (Wildman–Crippen LogP) is 0.824. The predicted molar refractivity (Wildman–Crippen MR) is 39.2 cm³/mol. The molecule has 1 aromatic heterocycles. The monoisotopic (exact) mass is 188 g/mol. The zero-order chi connectivity index (χ0) is 9.84. The molecule has 72 valence electrons. The van der Waals surface area contributed by atoms with Gasteiger partial charge in [0, 0.05) is 0 Å². The van der Waals surface area contributed by atoms with Crippen molar-refractivity contribution in [3.8, 4) is 0 Å². The molecule has 1 rings (SSSR count). The molecule has 13 heavy (non-hydrogen) atoms. The summed E-state index contributed by atoms with van der Waals surface area (Å²) in [6, 6.07) is 0. The van der Waals surface area contributed by atoms with Crippen molar-refractivity contribution < 1.29 is 23.1 Å². The van der Waals surface area contributed by atoms with Crippen molar-refractivity contribution in [3.05, 3.63) is 22.1 Å². The molecule has 0 atom stereocenters. The van der Waals surface area contributed by atoms with Crippen LogP contribution in [0.15, 0.2) is 13.6 Å². The Bertz CT molecular complexity index is 346. The largest absolute Gasteiger partial charge is 0.519 e. The first-order valence-corrected chi connectivity index (χ1v) is 3.43. The summed E-state index contributed by atoms with van der Waals surface area (Å²) >= 11 is 0. The summed E-state index contributed by atoms with van der Waals surface area (Å²) in [5.74, 6) is -0.356. The van der Waals surface area contributed by atoms with Crippen LogP contribution in [0.4, 0.5) is 4.79 Å². The highest BCUT2D eigenvalue weighted by Crippen LogP contribution is 2.06. The fraction of sp³-hybridized carbons (Fsp3) is 0.429. The Hall–Kier alpha value is -1.72. The number of methoxy groups -OCH3 is 1. The van der Waals surface area contributed by atoms with Crippen LogP contribution in [0.1, 0.15) is 11.5 Å². The maximum Gasteiger partial charge on any atom is 0.519 e. The van der Waals surface area contributed by atoms with Crippen molar-refractivity contribution in [1.82, 2.24) is 0 Å². The van der Waals surface area contributed by atoms with Crippen LogP contribution in [0.2, 0.25) is 0 Å². The summed E-state index contributed by atoms with van der Waals surface area (Å²) in [7, 11) is 1.18. The molecule has 0 saturated heterocycles. The molecule has 6 nitrogen and oxygen atoms in total. The Morgan fingerprint density at radius 2 is 2.15 bits per heavy atom. The first-order valence-electron chi connectivity index (χ1n) is 3.43. The number of carbonyl (C=O) groups excluding carboxylic acids is 1.